The van der Waals surface area contributed by atoms with Crippen LogP contribution in [0.2, 0.25) is 0 Å². The van der Waals surface area contributed by atoms with E-state index in [0.29, 0.717) is 25.6 Å². The van der Waals surface area contributed by atoms with E-state index in [1.807, 2.05) is 39.5 Å². The Morgan fingerprint density at radius 2 is 1.64 bits per heavy atom. The number of nitrogens with one attached hydrogen (secondary N) is 3. The molecule has 2 aliphatic rings. The molecule has 4 amide bonds. The fourth-order valence-electron chi connectivity index (χ4n) is 7.99. The van der Waals surface area contributed by atoms with Gasteiger partial charge in [0.25, 0.3) is 0 Å². The predicted molar refractivity (Wildman–Crippen MR) is 195 cm³/mol. The van der Waals surface area contributed by atoms with Gasteiger partial charge in [-0.2, -0.15) is 0 Å². The van der Waals surface area contributed by atoms with Crippen LogP contribution in [0, 0.1) is 17.8 Å². The lowest BCUT2D eigenvalue weighted by atomic mass is 9.89. The molecule has 50 heavy (non-hydrogen) atoms. The number of aliphatic hydroxyl groups is 1. The summed E-state index contributed by atoms with van der Waals surface area (Å²) in [7, 11) is 8.39. The van der Waals surface area contributed by atoms with Crippen molar-refractivity contribution in [2.24, 2.45) is 17.8 Å². The van der Waals surface area contributed by atoms with Crippen molar-refractivity contribution in [3.63, 3.8) is 0 Å². The van der Waals surface area contributed by atoms with Crippen LogP contribution in [-0.2, 0) is 28.7 Å². The average Bonchev–Trinajstić information content (AvgIpc) is 3.56. The maximum atomic E-state index is 14.1. The van der Waals surface area contributed by atoms with Crippen molar-refractivity contribution < 1.29 is 33.8 Å². The minimum absolute atomic E-state index is 0.0162. The Labute approximate surface area is 301 Å². The highest BCUT2D eigenvalue weighted by atomic mass is 16.5. The number of methoxy groups -OCH3 is 2. The molecule has 290 valence electrons. The Morgan fingerprint density at radius 3 is 2.16 bits per heavy atom. The number of piperidine rings is 1. The third-order valence-corrected chi connectivity index (χ3v) is 11.0. The molecular formula is C37H70N6O7. The second kappa shape index (κ2) is 21.3. The van der Waals surface area contributed by atoms with Gasteiger partial charge in [-0.05, 0) is 71.5 Å². The van der Waals surface area contributed by atoms with E-state index < -0.39 is 48.3 Å². The van der Waals surface area contributed by atoms with Crippen LogP contribution in [0.5, 0.6) is 0 Å². The highest BCUT2D eigenvalue weighted by Gasteiger charge is 2.43. The summed E-state index contributed by atoms with van der Waals surface area (Å²) >= 11 is 0. The number of hydrogen-bond donors (Lipinski definition) is 4. The summed E-state index contributed by atoms with van der Waals surface area (Å²) in [6.45, 7) is 13.4. The maximum Gasteiger partial charge on any atom is 0.247 e. The van der Waals surface area contributed by atoms with Crippen LogP contribution in [0.3, 0.4) is 0 Å². The van der Waals surface area contributed by atoms with Crippen LogP contribution >= 0.6 is 0 Å². The molecular weight excluding hydrogens is 640 g/mol. The standard InChI is InChI=1S/C37H70N6O7/c1-12-24(4)33(42(9)37(48)31(26(6)44)40-36(47)32(23(2)3)41(7)8)29(49-10)22-30(45)43-21-15-17-28(43)34(50-11)25(5)35(46)39-20-18-27-16-13-14-19-38-27/h23-29,31-34,38,44H,12-22H2,1-11H3,(H,39,46)(H,40,47)/t24-,25+,26+,27?,28-,29+,31-,32?,33-,34+/m0/s1. The number of likely N-dealkylation sites (N-methyl/N-ethyl adjacent to an activating group) is 2. The monoisotopic (exact) mass is 711 g/mol. The number of likely N-dealkylation sites (tertiary alicyclic amines) is 1. The van der Waals surface area contributed by atoms with E-state index in [1.54, 1.807) is 40.3 Å². The SMILES string of the molecule is CC[C@H](C)[C@@H]([C@@H](CC(=O)N1CCC[C@H]1[C@H](OC)[C@@H](C)C(=O)NCCC1CCCCN1)OC)N(C)C(=O)[C@@H](NC(=O)C(C(C)C)N(C)C)[C@@H](C)O. The molecule has 13 heteroatoms. The second-order valence-corrected chi connectivity index (χ2v) is 15.2. The van der Waals surface area contributed by atoms with Gasteiger partial charge in [-0.3, -0.25) is 24.1 Å². The summed E-state index contributed by atoms with van der Waals surface area (Å²) in [6.07, 6.45) is 4.39. The van der Waals surface area contributed by atoms with Crippen molar-refractivity contribution in [3.8, 4) is 0 Å². The van der Waals surface area contributed by atoms with Gasteiger partial charge in [0.1, 0.15) is 6.04 Å². The molecule has 0 spiro atoms. The molecule has 4 N–H and O–H groups in total. The minimum atomic E-state index is -1.18. The second-order valence-electron chi connectivity index (χ2n) is 15.2. The van der Waals surface area contributed by atoms with Gasteiger partial charge in [-0.25, -0.2) is 0 Å². The van der Waals surface area contributed by atoms with E-state index in [9.17, 15) is 24.3 Å². The maximum absolute atomic E-state index is 14.1. The first-order valence-electron chi connectivity index (χ1n) is 18.9. The first-order valence-corrected chi connectivity index (χ1v) is 18.9. The Morgan fingerprint density at radius 1 is 0.960 bits per heavy atom. The summed E-state index contributed by atoms with van der Waals surface area (Å²) in [5.74, 6) is -1.53. The first kappa shape index (κ1) is 43.8. The molecule has 0 aliphatic carbocycles. The van der Waals surface area contributed by atoms with Crippen molar-refractivity contribution in [1.82, 2.24) is 30.7 Å². The number of nitrogens with zero attached hydrogens (tertiary/aromatic N) is 3. The van der Waals surface area contributed by atoms with Gasteiger partial charge in [-0.1, -0.05) is 47.5 Å². The molecule has 2 fully saturated rings. The summed E-state index contributed by atoms with van der Waals surface area (Å²) < 4.78 is 11.9. The highest BCUT2D eigenvalue weighted by molar-refractivity contribution is 5.90. The number of aliphatic hydroxyl groups excluding tert-OH is 1. The molecule has 13 nitrogen and oxygen atoms in total. The molecule has 0 aromatic rings. The normalized spacial score (nSPS) is 23.0. The lowest BCUT2D eigenvalue weighted by Gasteiger charge is -2.41. The zero-order chi connectivity index (χ0) is 37.7. The topological polar surface area (TPSA) is 153 Å². The molecule has 0 aromatic heterocycles. The smallest absolute Gasteiger partial charge is 0.247 e. The molecule has 2 unspecified atom stereocenters. The van der Waals surface area contributed by atoms with E-state index in [4.69, 9.17) is 9.47 Å². The molecule has 0 aromatic carbocycles. The molecule has 10 atom stereocenters. The van der Waals surface area contributed by atoms with Crippen LogP contribution < -0.4 is 16.0 Å². The molecule has 0 saturated carbocycles. The Kier molecular flexibility index (Phi) is 18.6. The van der Waals surface area contributed by atoms with E-state index in [-0.39, 0.29) is 42.0 Å². The van der Waals surface area contributed by atoms with Crippen molar-refractivity contribution in [2.75, 3.05) is 55.0 Å². The molecule has 2 aliphatic heterocycles. The fourth-order valence-corrected chi connectivity index (χ4v) is 7.99. The predicted octanol–water partition coefficient (Wildman–Crippen LogP) is 2.01. The zero-order valence-corrected chi connectivity index (χ0v) is 32.9. The minimum Gasteiger partial charge on any atom is -0.391 e. The van der Waals surface area contributed by atoms with Gasteiger partial charge in [0.15, 0.2) is 0 Å². The Balaban J connectivity index is 2.19. The quantitative estimate of drug-likeness (QED) is 0.149. The van der Waals surface area contributed by atoms with Gasteiger partial charge in [-0.15, -0.1) is 0 Å². The molecule has 2 saturated heterocycles. The number of amides is 4. The Bertz CT molecular complexity index is 1060. The van der Waals surface area contributed by atoms with Gasteiger partial charge >= 0.3 is 0 Å². The number of rotatable bonds is 20. The summed E-state index contributed by atoms with van der Waals surface area (Å²) in [6, 6.07) is -2.02. The molecule has 0 bridgehead atoms. The van der Waals surface area contributed by atoms with Gasteiger partial charge < -0.3 is 40.3 Å². The number of carbonyl (C=O) groups excluding carboxylic acids is 4. The molecule has 2 rings (SSSR count). The number of carbonyl (C=O) groups is 4. The number of ether oxygens (including phenoxy) is 2. The van der Waals surface area contributed by atoms with Crippen LogP contribution in [0.15, 0.2) is 0 Å². The summed E-state index contributed by atoms with van der Waals surface area (Å²) in [5.41, 5.74) is 0. The third kappa shape index (κ3) is 11.9. The van der Waals surface area contributed by atoms with Crippen LogP contribution in [0.25, 0.3) is 0 Å². The first-order chi connectivity index (χ1) is 23.6. The molecule has 0 radical (unpaired) electrons. The van der Waals surface area contributed by atoms with Crippen LogP contribution in [0.1, 0.15) is 92.9 Å². The average molecular weight is 711 g/mol. The van der Waals surface area contributed by atoms with E-state index in [1.165, 1.54) is 24.7 Å². The lowest BCUT2D eigenvalue weighted by Crippen LogP contribution is -2.61. The van der Waals surface area contributed by atoms with Crippen molar-refractivity contribution >= 4 is 23.6 Å². The molecule has 2 heterocycles. The van der Waals surface area contributed by atoms with Crippen molar-refractivity contribution in [3.05, 3.63) is 0 Å². The van der Waals surface area contributed by atoms with Crippen LogP contribution in [0.4, 0.5) is 0 Å². The Hall–Kier alpha value is -2.32. The van der Waals surface area contributed by atoms with Crippen LogP contribution in [-0.4, -0.2) is 147 Å². The third-order valence-electron chi connectivity index (χ3n) is 11.0. The summed E-state index contributed by atoms with van der Waals surface area (Å²) in [5, 5.41) is 20.1. The zero-order valence-electron chi connectivity index (χ0n) is 32.9. The van der Waals surface area contributed by atoms with Crippen molar-refractivity contribution in [1.29, 1.82) is 0 Å². The van der Waals surface area contributed by atoms with E-state index >= 15 is 0 Å². The number of hydrogen-bond acceptors (Lipinski definition) is 9. The van der Waals surface area contributed by atoms with Gasteiger partial charge in [0.2, 0.25) is 23.6 Å². The highest BCUT2D eigenvalue weighted by Crippen LogP contribution is 2.29. The van der Waals surface area contributed by atoms with Gasteiger partial charge in [0.05, 0.1) is 48.8 Å². The van der Waals surface area contributed by atoms with Gasteiger partial charge in [0, 0.05) is 40.4 Å². The largest absolute Gasteiger partial charge is 0.391 e. The summed E-state index contributed by atoms with van der Waals surface area (Å²) in [4.78, 5) is 59.7. The fraction of sp³-hybridized carbons (Fsp3) is 0.892. The van der Waals surface area contributed by atoms with E-state index in [0.717, 1.165) is 32.2 Å². The van der Waals surface area contributed by atoms with Crippen molar-refractivity contribution in [2.45, 2.75) is 141 Å². The van der Waals surface area contributed by atoms with E-state index in [2.05, 4.69) is 16.0 Å². The lowest BCUT2D eigenvalue weighted by molar-refractivity contribution is -0.149.